The van der Waals surface area contributed by atoms with Crippen LogP contribution in [0.3, 0.4) is 0 Å². The molecular weight excluding hydrogens is 320 g/mol. The maximum Gasteiger partial charge on any atom is 0.407 e. The minimum absolute atomic E-state index is 0.257. The molecule has 1 aromatic rings. The molecule has 1 N–H and O–H groups in total. The highest BCUT2D eigenvalue weighted by molar-refractivity contribution is 5.66. The first kappa shape index (κ1) is 16.4. The number of pyridine rings is 1. The van der Waals surface area contributed by atoms with Crippen molar-refractivity contribution in [1.82, 2.24) is 14.8 Å². The maximum atomic E-state index is 11.0. The molecule has 1 spiro atoms. The van der Waals surface area contributed by atoms with Gasteiger partial charge in [0.25, 0.3) is 0 Å². The summed E-state index contributed by atoms with van der Waals surface area (Å²) in [6.45, 7) is 5.50. The Kier molecular flexibility index (Phi) is 4.19. The zero-order valence-corrected chi connectivity index (χ0v) is 14.7. The predicted octanol–water partition coefficient (Wildman–Crippen LogP) is 1.74. The number of aromatic nitrogens is 1. The SMILES string of the molecule is COc1ncccc1N1CCN([C@@H]2CCC3(C2)CN(C(=O)O)C3)CC1. The number of methoxy groups -OCH3 is 1. The van der Waals surface area contributed by atoms with E-state index in [9.17, 15) is 4.79 Å². The molecule has 3 aliphatic rings. The molecule has 7 heteroatoms. The highest BCUT2D eigenvalue weighted by Gasteiger charge is 2.50. The van der Waals surface area contributed by atoms with Crippen molar-refractivity contribution >= 4 is 11.8 Å². The van der Waals surface area contributed by atoms with E-state index < -0.39 is 6.09 Å². The second-order valence-corrected chi connectivity index (χ2v) is 7.59. The lowest BCUT2D eigenvalue weighted by Gasteiger charge is -2.47. The van der Waals surface area contributed by atoms with Crippen molar-refractivity contribution in [3.8, 4) is 5.88 Å². The Bertz CT molecular complexity index is 639. The molecule has 3 heterocycles. The zero-order valence-electron chi connectivity index (χ0n) is 14.7. The molecule has 2 aliphatic heterocycles. The number of nitrogens with zero attached hydrogens (tertiary/aromatic N) is 4. The fourth-order valence-electron chi connectivity index (χ4n) is 4.78. The lowest BCUT2D eigenvalue weighted by atomic mass is 9.78. The molecule has 0 radical (unpaired) electrons. The average Bonchev–Trinajstić information content (AvgIpc) is 3.06. The number of ether oxygens (including phenoxy) is 1. The molecule has 25 heavy (non-hydrogen) atoms. The van der Waals surface area contributed by atoms with Crippen LogP contribution in [0.2, 0.25) is 0 Å². The van der Waals surface area contributed by atoms with Gasteiger partial charge in [-0.25, -0.2) is 9.78 Å². The molecular formula is C18H26N4O3. The summed E-state index contributed by atoms with van der Waals surface area (Å²) in [6, 6.07) is 4.63. The minimum atomic E-state index is -0.770. The second-order valence-electron chi connectivity index (χ2n) is 7.59. The lowest BCUT2D eigenvalue weighted by Crippen LogP contribution is -2.58. The van der Waals surface area contributed by atoms with Crippen molar-refractivity contribution in [2.45, 2.75) is 25.3 Å². The van der Waals surface area contributed by atoms with Gasteiger partial charge in [-0.1, -0.05) is 0 Å². The molecule has 1 aliphatic carbocycles. The van der Waals surface area contributed by atoms with Crippen molar-refractivity contribution in [1.29, 1.82) is 0 Å². The summed E-state index contributed by atoms with van der Waals surface area (Å²) in [4.78, 5) is 21.8. The van der Waals surface area contributed by atoms with Gasteiger partial charge in [0, 0.05) is 56.9 Å². The number of amides is 1. The largest absolute Gasteiger partial charge is 0.480 e. The Morgan fingerprint density at radius 2 is 2.08 bits per heavy atom. The van der Waals surface area contributed by atoms with E-state index in [0.717, 1.165) is 57.8 Å². The monoisotopic (exact) mass is 346 g/mol. The van der Waals surface area contributed by atoms with Crippen LogP contribution < -0.4 is 9.64 Å². The minimum Gasteiger partial charge on any atom is -0.480 e. The molecule has 4 rings (SSSR count). The number of hydrogen-bond donors (Lipinski definition) is 1. The first-order chi connectivity index (χ1) is 12.1. The Morgan fingerprint density at radius 3 is 2.76 bits per heavy atom. The maximum absolute atomic E-state index is 11.0. The third-order valence-electron chi connectivity index (χ3n) is 6.12. The molecule has 2 saturated heterocycles. The third kappa shape index (κ3) is 3.01. The van der Waals surface area contributed by atoms with E-state index in [2.05, 4.69) is 20.9 Å². The Hall–Kier alpha value is -2.02. The van der Waals surface area contributed by atoms with E-state index in [0.29, 0.717) is 11.9 Å². The van der Waals surface area contributed by atoms with Gasteiger partial charge < -0.3 is 19.6 Å². The van der Waals surface area contributed by atoms with E-state index in [1.165, 1.54) is 6.42 Å². The van der Waals surface area contributed by atoms with Gasteiger partial charge in [0.05, 0.1) is 12.8 Å². The summed E-state index contributed by atoms with van der Waals surface area (Å²) in [5.74, 6) is 0.694. The van der Waals surface area contributed by atoms with Crippen LogP contribution >= 0.6 is 0 Å². The van der Waals surface area contributed by atoms with Gasteiger partial charge >= 0.3 is 6.09 Å². The zero-order chi connectivity index (χ0) is 17.4. The smallest absolute Gasteiger partial charge is 0.407 e. The van der Waals surface area contributed by atoms with E-state index in [1.807, 2.05) is 6.07 Å². The van der Waals surface area contributed by atoms with Crippen LogP contribution in [0.4, 0.5) is 10.5 Å². The molecule has 1 amide bonds. The van der Waals surface area contributed by atoms with Crippen LogP contribution in [0.5, 0.6) is 5.88 Å². The van der Waals surface area contributed by atoms with Gasteiger partial charge in [-0.05, 0) is 31.4 Å². The molecule has 1 aromatic heterocycles. The highest BCUT2D eigenvalue weighted by Crippen LogP contribution is 2.47. The van der Waals surface area contributed by atoms with Crippen molar-refractivity contribution in [3.63, 3.8) is 0 Å². The number of piperazine rings is 1. The molecule has 3 fully saturated rings. The Morgan fingerprint density at radius 1 is 1.32 bits per heavy atom. The standard InChI is InChI=1S/C18H26N4O3/c1-25-16-15(3-2-6-19-16)21-9-7-20(8-10-21)14-4-5-18(11-14)12-22(13-18)17(23)24/h2-3,6,14H,4-5,7-13H2,1H3,(H,23,24)/t14-/m1/s1. The molecule has 1 atom stereocenters. The van der Waals surface area contributed by atoms with Crippen LogP contribution in [0.25, 0.3) is 0 Å². The highest BCUT2D eigenvalue weighted by atomic mass is 16.5. The van der Waals surface area contributed by atoms with Gasteiger partial charge in [-0.15, -0.1) is 0 Å². The van der Waals surface area contributed by atoms with Crippen LogP contribution in [0, 0.1) is 5.41 Å². The Balaban J connectivity index is 1.32. The lowest BCUT2D eigenvalue weighted by molar-refractivity contribution is 0.00903. The van der Waals surface area contributed by atoms with E-state index in [-0.39, 0.29) is 5.41 Å². The van der Waals surface area contributed by atoms with E-state index in [4.69, 9.17) is 9.84 Å². The summed E-state index contributed by atoms with van der Waals surface area (Å²) < 4.78 is 5.39. The number of carboxylic acid groups (broad SMARTS) is 1. The van der Waals surface area contributed by atoms with Gasteiger partial charge in [-0.2, -0.15) is 0 Å². The van der Waals surface area contributed by atoms with Crippen molar-refractivity contribution in [2.75, 3.05) is 51.3 Å². The van der Waals surface area contributed by atoms with E-state index >= 15 is 0 Å². The van der Waals surface area contributed by atoms with Crippen molar-refractivity contribution < 1.29 is 14.6 Å². The molecule has 7 nitrogen and oxygen atoms in total. The van der Waals surface area contributed by atoms with E-state index in [1.54, 1.807) is 18.2 Å². The fourth-order valence-corrected chi connectivity index (χ4v) is 4.78. The molecule has 1 saturated carbocycles. The molecule has 0 bridgehead atoms. The number of carbonyl (C=O) groups is 1. The van der Waals surface area contributed by atoms with Gasteiger partial charge in [-0.3, -0.25) is 4.90 Å². The fraction of sp³-hybridized carbons (Fsp3) is 0.667. The van der Waals surface area contributed by atoms with Gasteiger partial charge in [0.1, 0.15) is 0 Å². The van der Waals surface area contributed by atoms with Gasteiger partial charge in [0.2, 0.25) is 5.88 Å². The third-order valence-corrected chi connectivity index (χ3v) is 6.12. The number of rotatable bonds is 3. The second kappa shape index (κ2) is 6.37. The number of hydrogen-bond acceptors (Lipinski definition) is 5. The quantitative estimate of drug-likeness (QED) is 0.899. The van der Waals surface area contributed by atoms with Crippen LogP contribution in [-0.4, -0.2) is 78.4 Å². The average molecular weight is 346 g/mol. The number of anilines is 1. The summed E-state index contributed by atoms with van der Waals surface area (Å²) in [5.41, 5.74) is 1.33. The summed E-state index contributed by atoms with van der Waals surface area (Å²) in [7, 11) is 1.67. The number of likely N-dealkylation sites (tertiary alicyclic amines) is 1. The predicted molar refractivity (Wildman–Crippen MR) is 94.2 cm³/mol. The summed E-state index contributed by atoms with van der Waals surface area (Å²) >= 11 is 0. The summed E-state index contributed by atoms with van der Waals surface area (Å²) in [5, 5.41) is 9.07. The van der Waals surface area contributed by atoms with Crippen LogP contribution in [0.15, 0.2) is 18.3 Å². The molecule has 0 unspecified atom stereocenters. The topological polar surface area (TPSA) is 69.1 Å². The molecule has 0 aromatic carbocycles. The summed E-state index contributed by atoms with van der Waals surface area (Å²) in [6.07, 6.45) is 4.50. The Labute approximate surface area is 148 Å². The first-order valence-electron chi connectivity index (χ1n) is 9.06. The van der Waals surface area contributed by atoms with Crippen molar-refractivity contribution in [2.24, 2.45) is 5.41 Å². The molecule has 136 valence electrons. The van der Waals surface area contributed by atoms with Gasteiger partial charge in [0.15, 0.2) is 0 Å². The normalized spacial score (nSPS) is 25.9. The van der Waals surface area contributed by atoms with Crippen molar-refractivity contribution in [3.05, 3.63) is 18.3 Å². The first-order valence-corrected chi connectivity index (χ1v) is 9.06. The van der Waals surface area contributed by atoms with Crippen LogP contribution in [-0.2, 0) is 0 Å². The van der Waals surface area contributed by atoms with Crippen LogP contribution in [0.1, 0.15) is 19.3 Å².